The zero-order valence-electron chi connectivity index (χ0n) is 9.03. The summed E-state index contributed by atoms with van der Waals surface area (Å²) in [5.41, 5.74) is 6.97. The highest BCUT2D eigenvalue weighted by atomic mass is 14.9. The summed E-state index contributed by atoms with van der Waals surface area (Å²) in [5.74, 6) is 0.563. The van der Waals surface area contributed by atoms with Gasteiger partial charge in [-0.25, -0.2) is 0 Å². The van der Waals surface area contributed by atoms with Gasteiger partial charge in [0, 0.05) is 6.04 Å². The van der Waals surface area contributed by atoms with Gasteiger partial charge in [0.1, 0.15) is 0 Å². The van der Waals surface area contributed by atoms with Crippen LogP contribution in [0.1, 0.15) is 24.9 Å². The second kappa shape index (κ2) is 5.78. The van der Waals surface area contributed by atoms with E-state index in [1.807, 2.05) is 13.1 Å². The van der Waals surface area contributed by atoms with Gasteiger partial charge in [-0.2, -0.15) is 0 Å². The molecule has 0 saturated heterocycles. The Balaban J connectivity index is 2.63. The molecule has 0 spiro atoms. The maximum Gasteiger partial charge on any atom is 0.0320 e. The third kappa shape index (κ3) is 3.13. The first-order valence-electron chi connectivity index (χ1n) is 5.20. The van der Waals surface area contributed by atoms with Crippen LogP contribution in [-0.2, 0) is 0 Å². The number of benzene rings is 1. The molecule has 1 rings (SSSR count). The van der Waals surface area contributed by atoms with E-state index in [1.54, 1.807) is 0 Å². The first-order chi connectivity index (χ1) is 6.77. The molecule has 0 heterocycles. The van der Waals surface area contributed by atoms with Crippen molar-refractivity contribution >= 4 is 0 Å². The lowest BCUT2D eigenvalue weighted by Crippen LogP contribution is -2.22. The van der Waals surface area contributed by atoms with Crippen molar-refractivity contribution in [3.8, 4) is 0 Å². The van der Waals surface area contributed by atoms with Gasteiger partial charge in [0.2, 0.25) is 0 Å². The monoisotopic (exact) mass is 192 g/mol. The molecule has 0 aliphatic carbocycles. The minimum atomic E-state index is 0.426. The molecule has 2 atom stereocenters. The van der Waals surface area contributed by atoms with Crippen LogP contribution >= 0.6 is 0 Å². The summed E-state index contributed by atoms with van der Waals surface area (Å²) in [6, 6.07) is 10.9. The SMILES string of the molecule is CNC(CC(C)CN)c1ccccc1. The van der Waals surface area contributed by atoms with E-state index in [2.05, 4.69) is 36.5 Å². The van der Waals surface area contributed by atoms with Crippen LogP contribution in [0.3, 0.4) is 0 Å². The highest BCUT2D eigenvalue weighted by Gasteiger charge is 2.11. The standard InChI is InChI=1S/C12H20N2/c1-10(9-13)8-12(14-2)11-6-4-3-5-7-11/h3-7,10,12,14H,8-9,13H2,1-2H3. The van der Waals surface area contributed by atoms with E-state index in [0.29, 0.717) is 12.0 Å². The normalized spacial score (nSPS) is 15.1. The van der Waals surface area contributed by atoms with Crippen molar-refractivity contribution < 1.29 is 0 Å². The van der Waals surface area contributed by atoms with Crippen molar-refractivity contribution in [3.63, 3.8) is 0 Å². The van der Waals surface area contributed by atoms with Crippen LogP contribution < -0.4 is 11.1 Å². The molecule has 0 fully saturated rings. The van der Waals surface area contributed by atoms with Crippen molar-refractivity contribution in [2.24, 2.45) is 11.7 Å². The molecular formula is C12H20N2. The maximum atomic E-state index is 5.63. The Labute approximate surface area is 86.5 Å². The quantitative estimate of drug-likeness (QED) is 0.748. The second-order valence-electron chi connectivity index (χ2n) is 3.83. The van der Waals surface area contributed by atoms with Crippen LogP contribution in [0, 0.1) is 5.92 Å². The molecule has 0 bridgehead atoms. The molecule has 0 aliphatic rings. The molecule has 2 unspecified atom stereocenters. The fourth-order valence-electron chi connectivity index (χ4n) is 1.60. The highest BCUT2D eigenvalue weighted by molar-refractivity contribution is 5.18. The molecule has 2 heteroatoms. The van der Waals surface area contributed by atoms with Crippen molar-refractivity contribution in [3.05, 3.63) is 35.9 Å². The molecule has 3 N–H and O–H groups in total. The Morgan fingerprint density at radius 2 is 1.93 bits per heavy atom. The summed E-state index contributed by atoms with van der Waals surface area (Å²) >= 11 is 0. The van der Waals surface area contributed by atoms with Crippen molar-refractivity contribution in [1.29, 1.82) is 0 Å². The number of hydrogen-bond acceptors (Lipinski definition) is 2. The topological polar surface area (TPSA) is 38.0 Å². The van der Waals surface area contributed by atoms with Gasteiger partial charge >= 0.3 is 0 Å². The van der Waals surface area contributed by atoms with E-state index in [9.17, 15) is 0 Å². The Bertz CT molecular complexity index is 246. The smallest absolute Gasteiger partial charge is 0.0320 e. The number of hydrogen-bond donors (Lipinski definition) is 2. The summed E-state index contributed by atoms with van der Waals surface area (Å²) < 4.78 is 0. The van der Waals surface area contributed by atoms with Crippen LogP contribution in [0.4, 0.5) is 0 Å². The number of rotatable bonds is 5. The van der Waals surface area contributed by atoms with E-state index in [-0.39, 0.29) is 0 Å². The third-order valence-electron chi connectivity index (χ3n) is 2.59. The fraction of sp³-hybridized carbons (Fsp3) is 0.500. The molecule has 0 amide bonds. The fourth-order valence-corrected chi connectivity index (χ4v) is 1.60. The lowest BCUT2D eigenvalue weighted by atomic mass is 9.96. The Hall–Kier alpha value is -0.860. The summed E-state index contributed by atoms with van der Waals surface area (Å²) in [6.45, 7) is 2.94. The Morgan fingerprint density at radius 1 is 1.29 bits per heavy atom. The zero-order chi connectivity index (χ0) is 10.4. The van der Waals surface area contributed by atoms with Gasteiger partial charge in [-0.3, -0.25) is 0 Å². The van der Waals surface area contributed by atoms with Gasteiger partial charge in [-0.1, -0.05) is 37.3 Å². The summed E-state index contributed by atoms with van der Waals surface area (Å²) in [7, 11) is 2.00. The molecule has 2 nitrogen and oxygen atoms in total. The molecule has 1 aromatic carbocycles. The molecular weight excluding hydrogens is 172 g/mol. The molecule has 14 heavy (non-hydrogen) atoms. The van der Waals surface area contributed by atoms with Crippen LogP contribution in [0.5, 0.6) is 0 Å². The summed E-state index contributed by atoms with van der Waals surface area (Å²) in [5, 5.41) is 3.33. The minimum absolute atomic E-state index is 0.426. The Morgan fingerprint density at radius 3 is 2.43 bits per heavy atom. The first kappa shape index (κ1) is 11.2. The van der Waals surface area contributed by atoms with E-state index in [4.69, 9.17) is 5.73 Å². The predicted octanol–water partition coefficient (Wildman–Crippen LogP) is 1.93. The first-order valence-corrected chi connectivity index (χ1v) is 5.20. The zero-order valence-corrected chi connectivity index (χ0v) is 9.03. The van der Waals surface area contributed by atoms with Gasteiger partial charge in [-0.15, -0.1) is 0 Å². The molecule has 1 aromatic rings. The van der Waals surface area contributed by atoms with Gasteiger partial charge in [0.25, 0.3) is 0 Å². The number of nitrogens with one attached hydrogen (secondary N) is 1. The molecule has 0 aromatic heterocycles. The largest absolute Gasteiger partial charge is 0.330 e. The van der Waals surface area contributed by atoms with Crippen LogP contribution in [0.2, 0.25) is 0 Å². The average molecular weight is 192 g/mol. The van der Waals surface area contributed by atoms with Gasteiger partial charge in [0.15, 0.2) is 0 Å². The predicted molar refractivity (Wildman–Crippen MR) is 61.1 cm³/mol. The molecule has 78 valence electrons. The van der Waals surface area contributed by atoms with Crippen LogP contribution in [0.25, 0.3) is 0 Å². The number of nitrogens with two attached hydrogens (primary N) is 1. The van der Waals surface area contributed by atoms with E-state index < -0.39 is 0 Å². The van der Waals surface area contributed by atoms with E-state index in [1.165, 1.54) is 5.56 Å². The highest BCUT2D eigenvalue weighted by Crippen LogP contribution is 2.19. The third-order valence-corrected chi connectivity index (χ3v) is 2.59. The van der Waals surface area contributed by atoms with Gasteiger partial charge in [-0.05, 0) is 31.5 Å². The van der Waals surface area contributed by atoms with E-state index >= 15 is 0 Å². The van der Waals surface area contributed by atoms with Crippen LogP contribution in [0.15, 0.2) is 30.3 Å². The average Bonchev–Trinajstić information content (AvgIpc) is 2.26. The maximum absolute atomic E-state index is 5.63. The van der Waals surface area contributed by atoms with Crippen molar-refractivity contribution in [2.45, 2.75) is 19.4 Å². The lowest BCUT2D eigenvalue weighted by molar-refractivity contribution is 0.438. The van der Waals surface area contributed by atoms with Crippen molar-refractivity contribution in [2.75, 3.05) is 13.6 Å². The van der Waals surface area contributed by atoms with Gasteiger partial charge < -0.3 is 11.1 Å². The molecule has 0 radical (unpaired) electrons. The summed E-state index contributed by atoms with van der Waals surface area (Å²) in [4.78, 5) is 0. The van der Waals surface area contributed by atoms with Gasteiger partial charge in [0.05, 0.1) is 0 Å². The van der Waals surface area contributed by atoms with E-state index in [0.717, 1.165) is 13.0 Å². The van der Waals surface area contributed by atoms with Crippen LogP contribution in [-0.4, -0.2) is 13.6 Å². The molecule has 0 saturated carbocycles. The second-order valence-corrected chi connectivity index (χ2v) is 3.83. The minimum Gasteiger partial charge on any atom is -0.330 e. The lowest BCUT2D eigenvalue weighted by Gasteiger charge is -2.19. The molecule has 0 aliphatic heterocycles. The summed E-state index contributed by atoms with van der Waals surface area (Å²) in [6.07, 6.45) is 1.09. The Kier molecular flexibility index (Phi) is 4.63. The van der Waals surface area contributed by atoms with Crippen molar-refractivity contribution in [1.82, 2.24) is 5.32 Å².